The first-order valence-electron chi connectivity index (χ1n) is 35.7. The SMILES string of the molecule is CCCCCC/C=C\C=C/CCCCCCCC(=O)O[C@H](COC(=O)CCCCCCCCCCC(C)C)COP(=O)(O)OCC(O)COP(=O)(O)OC[C@@H](COC(=O)CCCCCCCCCCC(C)C)OC(=O)CCCCCCCCCCC(C)CC. The Morgan fingerprint density at radius 3 is 1.00 bits per heavy atom. The molecular formula is C70H132O17P2. The summed E-state index contributed by atoms with van der Waals surface area (Å²) in [5.74, 6) is 0.0561. The van der Waals surface area contributed by atoms with Gasteiger partial charge in [-0.25, -0.2) is 9.13 Å². The van der Waals surface area contributed by atoms with Gasteiger partial charge in [0.2, 0.25) is 0 Å². The van der Waals surface area contributed by atoms with E-state index in [1.54, 1.807) is 0 Å². The molecule has 0 aliphatic rings. The minimum atomic E-state index is -4.96. The number of unbranched alkanes of at least 4 members (excludes halogenated alkanes) is 30. The lowest BCUT2D eigenvalue weighted by atomic mass is 9.99. The molecule has 4 unspecified atom stereocenters. The molecule has 17 nitrogen and oxygen atoms in total. The third kappa shape index (κ3) is 62.7. The van der Waals surface area contributed by atoms with E-state index < -0.39 is 97.5 Å². The highest BCUT2D eigenvalue weighted by Gasteiger charge is 2.30. The molecule has 6 atom stereocenters. The van der Waals surface area contributed by atoms with Crippen LogP contribution in [0.15, 0.2) is 24.3 Å². The lowest BCUT2D eigenvalue weighted by Gasteiger charge is -2.21. The normalized spacial score (nSPS) is 14.7. The molecule has 0 heterocycles. The van der Waals surface area contributed by atoms with Crippen molar-refractivity contribution < 1.29 is 80.2 Å². The van der Waals surface area contributed by atoms with Gasteiger partial charge in [-0.1, -0.05) is 272 Å². The number of phosphoric acid groups is 2. The molecular weight excluding hydrogens is 1170 g/mol. The van der Waals surface area contributed by atoms with Crippen molar-refractivity contribution in [2.75, 3.05) is 39.6 Å². The monoisotopic (exact) mass is 1310 g/mol. The molecule has 0 aromatic carbocycles. The molecule has 0 saturated heterocycles. The number of hydrogen-bond donors (Lipinski definition) is 3. The minimum Gasteiger partial charge on any atom is -0.462 e. The summed E-state index contributed by atoms with van der Waals surface area (Å²) in [5.41, 5.74) is 0. The number of phosphoric ester groups is 2. The quantitative estimate of drug-likeness (QED) is 0.0169. The van der Waals surface area contributed by atoms with Crippen LogP contribution >= 0.6 is 15.6 Å². The molecule has 0 fully saturated rings. The number of rotatable bonds is 66. The molecule has 0 spiro atoms. The van der Waals surface area contributed by atoms with E-state index in [2.05, 4.69) is 72.8 Å². The third-order valence-corrected chi connectivity index (χ3v) is 17.8. The van der Waals surface area contributed by atoms with E-state index in [9.17, 15) is 43.2 Å². The zero-order valence-electron chi connectivity index (χ0n) is 57.4. The number of hydrogen-bond acceptors (Lipinski definition) is 15. The van der Waals surface area contributed by atoms with E-state index in [1.807, 2.05) is 0 Å². The smallest absolute Gasteiger partial charge is 0.462 e. The van der Waals surface area contributed by atoms with E-state index in [0.717, 1.165) is 127 Å². The van der Waals surface area contributed by atoms with Crippen LogP contribution in [0, 0.1) is 17.8 Å². The van der Waals surface area contributed by atoms with Crippen LogP contribution in [-0.4, -0.2) is 96.7 Å². The van der Waals surface area contributed by atoms with Gasteiger partial charge in [0.25, 0.3) is 0 Å². The van der Waals surface area contributed by atoms with Crippen LogP contribution < -0.4 is 0 Å². The molecule has 524 valence electrons. The maximum Gasteiger partial charge on any atom is 0.472 e. The fourth-order valence-electron chi connectivity index (χ4n) is 9.97. The predicted molar refractivity (Wildman–Crippen MR) is 358 cm³/mol. The van der Waals surface area contributed by atoms with Gasteiger partial charge < -0.3 is 33.8 Å². The van der Waals surface area contributed by atoms with Gasteiger partial charge >= 0.3 is 39.5 Å². The molecule has 19 heteroatoms. The highest BCUT2D eigenvalue weighted by molar-refractivity contribution is 7.47. The zero-order valence-corrected chi connectivity index (χ0v) is 59.2. The van der Waals surface area contributed by atoms with Gasteiger partial charge in [0.05, 0.1) is 26.4 Å². The Labute approximate surface area is 542 Å². The number of allylic oxidation sites excluding steroid dienone is 4. The zero-order chi connectivity index (χ0) is 65.9. The summed E-state index contributed by atoms with van der Waals surface area (Å²) in [4.78, 5) is 72.5. The molecule has 0 aliphatic heterocycles. The number of carbonyl (C=O) groups is 4. The Hall–Kier alpha value is -2.46. The topological polar surface area (TPSA) is 237 Å². The Morgan fingerprint density at radius 2 is 0.663 bits per heavy atom. The molecule has 3 N–H and O–H groups in total. The van der Waals surface area contributed by atoms with Crippen LogP contribution in [-0.2, 0) is 65.4 Å². The second kappa shape index (κ2) is 60.5. The molecule has 89 heavy (non-hydrogen) atoms. The third-order valence-electron chi connectivity index (χ3n) is 15.9. The first-order chi connectivity index (χ1) is 42.8. The van der Waals surface area contributed by atoms with E-state index in [4.69, 9.17) is 37.0 Å². The minimum absolute atomic E-state index is 0.0839. The molecule has 0 saturated carbocycles. The number of carbonyl (C=O) groups excluding carboxylic acids is 4. The molecule has 0 aliphatic carbocycles. The van der Waals surface area contributed by atoms with Crippen molar-refractivity contribution in [2.45, 2.75) is 343 Å². The number of esters is 4. The Bertz CT molecular complexity index is 1840. The molecule has 0 rings (SSSR count). The average molecular weight is 1310 g/mol. The van der Waals surface area contributed by atoms with Crippen molar-refractivity contribution in [3.63, 3.8) is 0 Å². The van der Waals surface area contributed by atoms with Crippen LogP contribution in [0.5, 0.6) is 0 Å². The van der Waals surface area contributed by atoms with Crippen LogP contribution in [0.25, 0.3) is 0 Å². The highest BCUT2D eigenvalue weighted by atomic mass is 31.2. The first kappa shape index (κ1) is 86.5. The first-order valence-corrected chi connectivity index (χ1v) is 38.7. The molecule has 0 bridgehead atoms. The summed E-state index contributed by atoms with van der Waals surface area (Å²) in [6, 6.07) is 0. The fraction of sp³-hybridized carbons (Fsp3) is 0.886. The van der Waals surface area contributed by atoms with Gasteiger partial charge in [-0.2, -0.15) is 0 Å². The highest BCUT2D eigenvalue weighted by Crippen LogP contribution is 2.45. The predicted octanol–water partition coefficient (Wildman–Crippen LogP) is 19.4. The summed E-state index contributed by atoms with van der Waals surface area (Å²) < 4.78 is 68.2. The lowest BCUT2D eigenvalue weighted by molar-refractivity contribution is -0.161. The summed E-state index contributed by atoms with van der Waals surface area (Å²) in [6.07, 6.45) is 46.6. The Balaban J connectivity index is 5.30. The van der Waals surface area contributed by atoms with Crippen molar-refractivity contribution in [3.8, 4) is 0 Å². The van der Waals surface area contributed by atoms with E-state index in [0.29, 0.717) is 25.7 Å². The van der Waals surface area contributed by atoms with Crippen LogP contribution in [0.2, 0.25) is 0 Å². The maximum atomic E-state index is 13.0. The van der Waals surface area contributed by atoms with Crippen molar-refractivity contribution in [2.24, 2.45) is 17.8 Å². The molecule has 0 aromatic rings. The van der Waals surface area contributed by atoms with Gasteiger partial charge in [-0.05, 0) is 69.1 Å². The molecule has 0 radical (unpaired) electrons. The summed E-state index contributed by atoms with van der Waals surface area (Å²) in [5, 5.41) is 10.6. The summed E-state index contributed by atoms with van der Waals surface area (Å²) in [6.45, 7) is 11.7. The number of ether oxygens (including phenoxy) is 4. The Kier molecular flexibility index (Phi) is 58.8. The molecule has 0 amide bonds. The van der Waals surface area contributed by atoms with E-state index >= 15 is 0 Å². The van der Waals surface area contributed by atoms with Crippen LogP contribution in [0.3, 0.4) is 0 Å². The Morgan fingerprint density at radius 1 is 0.371 bits per heavy atom. The standard InChI is InChI=1S/C70H132O17P2/c1-8-10-11-12-13-14-15-16-17-18-19-20-32-39-46-53-69(74)86-65(57-80-67(72)51-44-37-30-24-21-27-34-41-48-61(3)4)59-84-88(76,77)82-55-64(71)56-83-89(78,79)85-60-66(58-81-68(73)52-45-38-31-25-22-28-35-42-49-62(5)6)87-70(75)54-47-40-33-26-23-29-36-43-50-63(7)9-2/h14-17,61-66,71H,8-13,18-60H2,1-7H3,(H,76,77)(H,78,79)/b15-14-,17-16-/t63?,64?,65-,66-/m1/s1. The van der Waals surface area contributed by atoms with E-state index in [-0.39, 0.29) is 25.7 Å². The lowest BCUT2D eigenvalue weighted by Crippen LogP contribution is -2.30. The second-order valence-electron chi connectivity index (χ2n) is 25.8. The second-order valence-corrected chi connectivity index (χ2v) is 28.7. The van der Waals surface area contributed by atoms with Gasteiger partial charge in [0.15, 0.2) is 12.2 Å². The van der Waals surface area contributed by atoms with Gasteiger partial charge in [0, 0.05) is 25.7 Å². The van der Waals surface area contributed by atoms with Gasteiger partial charge in [-0.15, -0.1) is 0 Å². The average Bonchev–Trinajstić information content (AvgIpc) is 3.71. The summed E-state index contributed by atoms with van der Waals surface area (Å²) >= 11 is 0. The number of aliphatic hydroxyl groups is 1. The number of aliphatic hydroxyl groups excluding tert-OH is 1. The van der Waals surface area contributed by atoms with Gasteiger partial charge in [0.1, 0.15) is 19.3 Å². The van der Waals surface area contributed by atoms with Crippen molar-refractivity contribution in [1.29, 1.82) is 0 Å². The summed E-state index contributed by atoms with van der Waals surface area (Å²) in [7, 11) is -9.91. The van der Waals surface area contributed by atoms with Crippen LogP contribution in [0.1, 0.15) is 325 Å². The van der Waals surface area contributed by atoms with Crippen molar-refractivity contribution in [1.82, 2.24) is 0 Å². The van der Waals surface area contributed by atoms with Crippen LogP contribution in [0.4, 0.5) is 0 Å². The van der Waals surface area contributed by atoms with Crippen molar-refractivity contribution in [3.05, 3.63) is 24.3 Å². The van der Waals surface area contributed by atoms with Gasteiger partial charge in [-0.3, -0.25) is 37.3 Å². The maximum absolute atomic E-state index is 13.0. The van der Waals surface area contributed by atoms with Crippen molar-refractivity contribution >= 4 is 39.5 Å². The van der Waals surface area contributed by atoms with E-state index in [1.165, 1.54) is 116 Å². The fourth-order valence-corrected chi connectivity index (χ4v) is 11.5. The molecule has 0 aromatic heterocycles. The largest absolute Gasteiger partial charge is 0.472 e.